The van der Waals surface area contributed by atoms with E-state index in [2.05, 4.69) is 5.32 Å². The zero-order valence-electron chi connectivity index (χ0n) is 11.6. The van der Waals surface area contributed by atoms with Gasteiger partial charge in [-0.2, -0.15) is 0 Å². The van der Waals surface area contributed by atoms with Crippen LogP contribution in [-0.2, 0) is 9.53 Å². The van der Waals surface area contributed by atoms with Crippen LogP contribution in [0, 0.1) is 0 Å². The van der Waals surface area contributed by atoms with Crippen LogP contribution >= 0.6 is 34.5 Å². The molecule has 0 aliphatic carbocycles. The number of hydrogen-bond acceptors (Lipinski definition) is 4. The number of thiophene rings is 1. The molecule has 1 aromatic carbocycles. The number of amides is 1. The molecule has 1 heterocycles. The third kappa shape index (κ3) is 4.73. The van der Waals surface area contributed by atoms with Crippen molar-refractivity contribution < 1.29 is 14.3 Å². The molecule has 0 bridgehead atoms. The fraction of sp³-hybridized carbons (Fsp3) is 0.200. The van der Waals surface area contributed by atoms with Gasteiger partial charge in [-0.05, 0) is 36.8 Å². The van der Waals surface area contributed by atoms with Crippen molar-refractivity contribution in [2.45, 2.75) is 13.0 Å². The first-order valence-corrected chi connectivity index (χ1v) is 8.00. The molecule has 0 saturated carbocycles. The molecule has 1 atom stereocenters. The number of esters is 1. The molecule has 1 amide bonds. The quantitative estimate of drug-likeness (QED) is 0.819. The maximum Gasteiger partial charge on any atom is 0.348 e. The highest BCUT2D eigenvalue weighted by molar-refractivity contribution is 7.17. The number of carbonyl (C=O) groups is 2. The summed E-state index contributed by atoms with van der Waals surface area (Å²) >= 11 is 12.7. The van der Waals surface area contributed by atoms with Crippen LogP contribution in [0.25, 0.3) is 0 Å². The lowest BCUT2D eigenvalue weighted by Crippen LogP contribution is -2.31. The Balaban J connectivity index is 1.84. The van der Waals surface area contributed by atoms with E-state index in [0.29, 0.717) is 14.2 Å². The summed E-state index contributed by atoms with van der Waals surface area (Å²) in [4.78, 5) is 23.9. The summed E-state index contributed by atoms with van der Waals surface area (Å²) in [6, 6.07) is 10.1. The van der Waals surface area contributed by atoms with Crippen molar-refractivity contribution in [3.63, 3.8) is 0 Å². The molecular weight excluding hydrogens is 345 g/mol. The average molecular weight is 358 g/mol. The Morgan fingerprint density at radius 3 is 2.68 bits per heavy atom. The van der Waals surface area contributed by atoms with Gasteiger partial charge in [-0.1, -0.05) is 35.3 Å². The van der Waals surface area contributed by atoms with E-state index < -0.39 is 5.97 Å². The number of benzene rings is 1. The van der Waals surface area contributed by atoms with Gasteiger partial charge in [0.05, 0.1) is 10.4 Å². The standard InChI is InChI=1S/C15H13Cl2NO3S/c1-9(10-3-2-4-11(16)7-10)18-14(19)8-21-15(20)12-5-6-13(17)22-12/h2-7,9H,8H2,1H3,(H,18,19)/t9-/m0/s1. The monoisotopic (exact) mass is 357 g/mol. The molecule has 0 saturated heterocycles. The predicted molar refractivity (Wildman–Crippen MR) is 87.6 cm³/mol. The fourth-order valence-corrected chi connectivity index (χ4v) is 2.90. The maximum atomic E-state index is 11.8. The smallest absolute Gasteiger partial charge is 0.348 e. The molecule has 0 aliphatic rings. The van der Waals surface area contributed by atoms with E-state index in [1.54, 1.807) is 30.3 Å². The van der Waals surface area contributed by atoms with E-state index in [9.17, 15) is 9.59 Å². The zero-order chi connectivity index (χ0) is 16.1. The molecule has 4 nitrogen and oxygen atoms in total. The number of rotatable bonds is 5. The van der Waals surface area contributed by atoms with Crippen molar-refractivity contribution in [2.75, 3.05) is 6.61 Å². The van der Waals surface area contributed by atoms with E-state index in [4.69, 9.17) is 27.9 Å². The molecule has 2 aromatic rings. The highest BCUT2D eigenvalue weighted by Crippen LogP contribution is 2.22. The summed E-state index contributed by atoms with van der Waals surface area (Å²) in [5.74, 6) is -0.953. The summed E-state index contributed by atoms with van der Waals surface area (Å²) in [7, 11) is 0. The number of halogens is 2. The lowest BCUT2D eigenvalue weighted by atomic mass is 10.1. The van der Waals surface area contributed by atoms with Gasteiger partial charge >= 0.3 is 5.97 Å². The molecule has 7 heteroatoms. The summed E-state index contributed by atoms with van der Waals surface area (Å²) in [6.07, 6.45) is 0. The highest BCUT2D eigenvalue weighted by Gasteiger charge is 2.14. The summed E-state index contributed by atoms with van der Waals surface area (Å²) in [5.41, 5.74) is 0.872. The largest absolute Gasteiger partial charge is 0.451 e. The van der Waals surface area contributed by atoms with Gasteiger partial charge in [-0.15, -0.1) is 11.3 Å². The van der Waals surface area contributed by atoms with Gasteiger partial charge in [0, 0.05) is 5.02 Å². The lowest BCUT2D eigenvalue weighted by Gasteiger charge is -2.14. The van der Waals surface area contributed by atoms with Crippen LogP contribution in [0.15, 0.2) is 36.4 Å². The Bertz CT molecular complexity index is 687. The Morgan fingerprint density at radius 1 is 1.27 bits per heavy atom. The molecule has 0 fully saturated rings. The van der Waals surface area contributed by atoms with Gasteiger partial charge in [0.15, 0.2) is 6.61 Å². The molecule has 0 radical (unpaired) electrons. The van der Waals surface area contributed by atoms with Crippen LogP contribution in [0.5, 0.6) is 0 Å². The topological polar surface area (TPSA) is 55.4 Å². The fourth-order valence-electron chi connectivity index (χ4n) is 1.77. The first-order chi connectivity index (χ1) is 10.5. The lowest BCUT2D eigenvalue weighted by molar-refractivity contribution is -0.124. The van der Waals surface area contributed by atoms with Crippen molar-refractivity contribution in [1.29, 1.82) is 0 Å². The van der Waals surface area contributed by atoms with Crippen molar-refractivity contribution in [3.8, 4) is 0 Å². The van der Waals surface area contributed by atoms with E-state index in [-0.39, 0.29) is 18.6 Å². The molecule has 116 valence electrons. The Labute approximate surface area is 142 Å². The van der Waals surface area contributed by atoms with Crippen LogP contribution < -0.4 is 5.32 Å². The van der Waals surface area contributed by atoms with E-state index in [1.807, 2.05) is 13.0 Å². The van der Waals surface area contributed by atoms with Gasteiger partial charge in [-0.25, -0.2) is 4.79 Å². The second kappa shape index (κ2) is 7.63. The predicted octanol–water partition coefficient (Wildman–Crippen LogP) is 4.09. The van der Waals surface area contributed by atoms with Gasteiger partial charge in [0.2, 0.25) is 0 Å². The molecule has 0 unspecified atom stereocenters. The Kier molecular flexibility index (Phi) is 5.83. The SMILES string of the molecule is C[C@H](NC(=O)COC(=O)c1ccc(Cl)s1)c1cccc(Cl)c1. The maximum absolute atomic E-state index is 11.8. The second-order valence-electron chi connectivity index (χ2n) is 4.52. The minimum absolute atomic E-state index is 0.235. The molecule has 1 N–H and O–H groups in total. The van der Waals surface area contributed by atoms with Crippen molar-refractivity contribution in [2.24, 2.45) is 0 Å². The Morgan fingerprint density at radius 2 is 2.05 bits per heavy atom. The van der Waals surface area contributed by atoms with Crippen LogP contribution in [0.3, 0.4) is 0 Å². The van der Waals surface area contributed by atoms with Crippen LogP contribution in [0.2, 0.25) is 9.36 Å². The van der Waals surface area contributed by atoms with E-state index in [0.717, 1.165) is 16.9 Å². The molecule has 1 aromatic heterocycles. The zero-order valence-corrected chi connectivity index (χ0v) is 14.0. The third-order valence-electron chi connectivity index (χ3n) is 2.83. The average Bonchev–Trinajstić information content (AvgIpc) is 2.91. The van der Waals surface area contributed by atoms with Crippen LogP contribution in [0.1, 0.15) is 28.2 Å². The summed E-state index contributed by atoms with van der Waals surface area (Å²) in [6.45, 7) is 1.48. The van der Waals surface area contributed by atoms with Gasteiger partial charge in [0.25, 0.3) is 5.91 Å². The molecule has 22 heavy (non-hydrogen) atoms. The third-order valence-corrected chi connectivity index (χ3v) is 4.28. The second-order valence-corrected chi connectivity index (χ2v) is 6.68. The molecular formula is C15H13Cl2NO3S. The van der Waals surface area contributed by atoms with Gasteiger partial charge in [0.1, 0.15) is 4.88 Å². The first-order valence-electron chi connectivity index (χ1n) is 6.43. The van der Waals surface area contributed by atoms with Crippen molar-refractivity contribution in [1.82, 2.24) is 5.32 Å². The summed E-state index contributed by atoms with van der Waals surface area (Å²) in [5, 5.41) is 3.33. The number of nitrogens with one attached hydrogen (secondary N) is 1. The molecule has 0 aliphatic heterocycles. The first kappa shape index (κ1) is 16.8. The van der Waals surface area contributed by atoms with Crippen LogP contribution in [-0.4, -0.2) is 18.5 Å². The Hall–Kier alpha value is -1.56. The minimum atomic E-state index is -0.567. The number of hydrogen-bond donors (Lipinski definition) is 1. The minimum Gasteiger partial charge on any atom is -0.451 e. The number of ether oxygens (including phenoxy) is 1. The summed E-state index contributed by atoms with van der Waals surface area (Å²) < 4.78 is 5.43. The number of carbonyl (C=O) groups excluding carboxylic acids is 2. The van der Waals surface area contributed by atoms with E-state index in [1.165, 1.54) is 0 Å². The van der Waals surface area contributed by atoms with Gasteiger partial charge in [-0.3, -0.25) is 4.79 Å². The van der Waals surface area contributed by atoms with Crippen LogP contribution in [0.4, 0.5) is 0 Å². The van der Waals surface area contributed by atoms with E-state index >= 15 is 0 Å². The normalized spacial score (nSPS) is 11.8. The van der Waals surface area contributed by atoms with Gasteiger partial charge < -0.3 is 10.1 Å². The molecule has 0 spiro atoms. The molecule has 2 rings (SSSR count). The highest BCUT2D eigenvalue weighted by atomic mass is 35.5. The van der Waals surface area contributed by atoms with Crippen molar-refractivity contribution >= 4 is 46.4 Å². The van der Waals surface area contributed by atoms with Crippen molar-refractivity contribution in [3.05, 3.63) is 56.2 Å².